The summed E-state index contributed by atoms with van der Waals surface area (Å²) in [6, 6.07) is 12.2. The lowest BCUT2D eigenvalue weighted by Crippen LogP contribution is -2.06. The Hall–Kier alpha value is -2.07. The molecule has 0 saturated carbocycles. The second kappa shape index (κ2) is 7.64. The smallest absolute Gasteiger partial charge is 0.126 e. The fraction of sp³-hybridized carbons (Fsp3) is 0.294. The molecule has 2 rings (SSSR count). The van der Waals surface area contributed by atoms with Crippen molar-refractivity contribution < 1.29 is 13.9 Å². The van der Waals surface area contributed by atoms with Crippen LogP contribution >= 0.6 is 0 Å². The van der Waals surface area contributed by atoms with Gasteiger partial charge in [-0.15, -0.1) is 0 Å². The van der Waals surface area contributed by atoms with Crippen LogP contribution in [0.3, 0.4) is 0 Å². The number of halogens is 1. The second-order valence-electron chi connectivity index (χ2n) is 4.81. The van der Waals surface area contributed by atoms with Crippen LogP contribution < -0.4 is 15.2 Å². The molecule has 21 heavy (non-hydrogen) atoms. The highest BCUT2D eigenvalue weighted by Gasteiger charge is 2.01. The van der Waals surface area contributed by atoms with Gasteiger partial charge in [-0.25, -0.2) is 4.39 Å². The van der Waals surface area contributed by atoms with Gasteiger partial charge in [0.1, 0.15) is 17.3 Å². The van der Waals surface area contributed by atoms with Gasteiger partial charge < -0.3 is 15.2 Å². The molecule has 4 heteroatoms. The van der Waals surface area contributed by atoms with Crippen molar-refractivity contribution in [1.82, 2.24) is 0 Å². The Bertz CT molecular complexity index is 587. The van der Waals surface area contributed by atoms with Crippen molar-refractivity contribution >= 4 is 0 Å². The van der Waals surface area contributed by atoms with Crippen LogP contribution in [0.5, 0.6) is 11.5 Å². The van der Waals surface area contributed by atoms with Gasteiger partial charge in [0.15, 0.2) is 0 Å². The fourth-order valence-electron chi connectivity index (χ4n) is 1.92. The SMILES string of the molecule is Cc1ccc(F)cc1OCCCOc1cccc(CN)c1. The molecule has 3 nitrogen and oxygen atoms in total. The maximum absolute atomic E-state index is 13.1. The summed E-state index contributed by atoms with van der Waals surface area (Å²) >= 11 is 0. The molecule has 0 atom stereocenters. The van der Waals surface area contributed by atoms with Crippen LogP contribution in [0.4, 0.5) is 4.39 Å². The van der Waals surface area contributed by atoms with Crippen LogP contribution in [0.25, 0.3) is 0 Å². The predicted octanol–water partition coefficient (Wildman–Crippen LogP) is 3.44. The van der Waals surface area contributed by atoms with Crippen molar-refractivity contribution in [3.8, 4) is 11.5 Å². The average molecular weight is 289 g/mol. The van der Waals surface area contributed by atoms with Gasteiger partial charge in [0.2, 0.25) is 0 Å². The van der Waals surface area contributed by atoms with E-state index in [1.807, 2.05) is 31.2 Å². The first-order chi connectivity index (χ1) is 10.2. The van der Waals surface area contributed by atoms with E-state index in [2.05, 4.69) is 0 Å². The van der Waals surface area contributed by atoms with E-state index in [0.29, 0.717) is 25.5 Å². The number of ether oxygens (including phenoxy) is 2. The lowest BCUT2D eigenvalue weighted by Gasteiger charge is -2.10. The zero-order valence-electron chi connectivity index (χ0n) is 12.1. The first-order valence-corrected chi connectivity index (χ1v) is 7.00. The molecule has 0 unspecified atom stereocenters. The van der Waals surface area contributed by atoms with Gasteiger partial charge in [-0.05, 0) is 36.2 Å². The first-order valence-electron chi connectivity index (χ1n) is 7.00. The molecule has 2 aromatic carbocycles. The summed E-state index contributed by atoms with van der Waals surface area (Å²) < 4.78 is 24.3. The maximum Gasteiger partial charge on any atom is 0.126 e. The monoisotopic (exact) mass is 289 g/mol. The maximum atomic E-state index is 13.1. The summed E-state index contributed by atoms with van der Waals surface area (Å²) in [5, 5.41) is 0. The van der Waals surface area contributed by atoms with Gasteiger partial charge >= 0.3 is 0 Å². The highest BCUT2D eigenvalue weighted by Crippen LogP contribution is 2.19. The van der Waals surface area contributed by atoms with Crippen LogP contribution in [0.15, 0.2) is 42.5 Å². The molecule has 0 fully saturated rings. The Labute approximate surface area is 124 Å². The zero-order chi connectivity index (χ0) is 15.1. The van der Waals surface area contributed by atoms with E-state index in [9.17, 15) is 4.39 Å². The van der Waals surface area contributed by atoms with Gasteiger partial charge in [0, 0.05) is 19.0 Å². The minimum atomic E-state index is -0.287. The molecular formula is C17H20FNO2. The van der Waals surface area contributed by atoms with Crippen molar-refractivity contribution in [3.63, 3.8) is 0 Å². The van der Waals surface area contributed by atoms with E-state index in [4.69, 9.17) is 15.2 Å². The third-order valence-electron chi connectivity index (χ3n) is 3.10. The van der Waals surface area contributed by atoms with Crippen LogP contribution in [0.1, 0.15) is 17.5 Å². The largest absolute Gasteiger partial charge is 0.493 e. The molecule has 0 saturated heterocycles. The van der Waals surface area contributed by atoms with Gasteiger partial charge in [-0.3, -0.25) is 0 Å². The summed E-state index contributed by atoms with van der Waals surface area (Å²) in [6.07, 6.45) is 0.725. The van der Waals surface area contributed by atoms with E-state index in [1.165, 1.54) is 12.1 Å². The number of rotatable bonds is 7. The number of hydrogen-bond donors (Lipinski definition) is 1. The van der Waals surface area contributed by atoms with Crippen molar-refractivity contribution in [2.24, 2.45) is 5.73 Å². The van der Waals surface area contributed by atoms with Crippen molar-refractivity contribution in [2.75, 3.05) is 13.2 Å². The van der Waals surface area contributed by atoms with Gasteiger partial charge in [-0.2, -0.15) is 0 Å². The van der Waals surface area contributed by atoms with Crippen LogP contribution in [0, 0.1) is 12.7 Å². The second-order valence-corrected chi connectivity index (χ2v) is 4.81. The Balaban J connectivity index is 1.73. The van der Waals surface area contributed by atoms with E-state index >= 15 is 0 Å². The molecule has 2 N–H and O–H groups in total. The molecule has 112 valence electrons. The lowest BCUT2D eigenvalue weighted by atomic mass is 10.2. The average Bonchev–Trinajstić information content (AvgIpc) is 2.50. The van der Waals surface area contributed by atoms with Gasteiger partial charge in [-0.1, -0.05) is 18.2 Å². The first kappa shape index (κ1) is 15.3. The highest BCUT2D eigenvalue weighted by atomic mass is 19.1. The normalized spacial score (nSPS) is 10.4. The third-order valence-corrected chi connectivity index (χ3v) is 3.10. The van der Waals surface area contributed by atoms with Crippen molar-refractivity contribution in [2.45, 2.75) is 19.9 Å². The van der Waals surface area contributed by atoms with Crippen LogP contribution in [-0.2, 0) is 6.54 Å². The summed E-state index contributed by atoms with van der Waals surface area (Å²) in [7, 11) is 0. The standard InChI is InChI=1S/C17H20FNO2/c1-13-6-7-15(18)11-17(13)21-9-3-8-20-16-5-2-4-14(10-16)12-19/h2,4-7,10-11H,3,8-9,12,19H2,1H3. The highest BCUT2D eigenvalue weighted by molar-refractivity contribution is 5.32. The molecule has 2 aromatic rings. The minimum Gasteiger partial charge on any atom is -0.493 e. The Kier molecular flexibility index (Phi) is 5.58. The van der Waals surface area contributed by atoms with Gasteiger partial charge in [0.25, 0.3) is 0 Å². The quantitative estimate of drug-likeness (QED) is 0.794. The van der Waals surface area contributed by atoms with E-state index < -0.39 is 0 Å². The fourth-order valence-corrected chi connectivity index (χ4v) is 1.92. The number of nitrogens with two attached hydrogens (primary N) is 1. The molecule has 0 bridgehead atoms. The molecule has 0 aromatic heterocycles. The number of aryl methyl sites for hydroxylation is 1. The Morgan fingerprint density at radius 1 is 1.05 bits per heavy atom. The summed E-state index contributed by atoms with van der Waals surface area (Å²) in [6.45, 7) is 3.42. The molecule has 0 aliphatic carbocycles. The van der Waals surface area contributed by atoms with Crippen LogP contribution in [-0.4, -0.2) is 13.2 Å². The zero-order valence-corrected chi connectivity index (χ0v) is 12.1. The topological polar surface area (TPSA) is 44.5 Å². The number of hydrogen-bond acceptors (Lipinski definition) is 3. The van der Waals surface area contributed by atoms with E-state index in [0.717, 1.165) is 23.3 Å². The minimum absolute atomic E-state index is 0.287. The van der Waals surface area contributed by atoms with E-state index in [1.54, 1.807) is 6.07 Å². The molecule has 0 amide bonds. The summed E-state index contributed by atoms with van der Waals surface area (Å²) in [4.78, 5) is 0. The predicted molar refractivity (Wildman–Crippen MR) is 81.1 cm³/mol. The molecule has 0 spiro atoms. The van der Waals surface area contributed by atoms with Gasteiger partial charge in [0.05, 0.1) is 13.2 Å². The molecular weight excluding hydrogens is 269 g/mol. The van der Waals surface area contributed by atoms with E-state index in [-0.39, 0.29) is 5.82 Å². The molecule has 0 heterocycles. The summed E-state index contributed by atoms with van der Waals surface area (Å²) in [5.74, 6) is 1.10. The third kappa shape index (κ3) is 4.76. The van der Waals surface area contributed by atoms with Crippen molar-refractivity contribution in [1.29, 1.82) is 0 Å². The Morgan fingerprint density at radius 2 is 1.86 bits per heavy atom. The van der Waals surface area contributed by atoms with Crippen LogP contribution in [0.2, 0.25) is 0 Å². The lowest BCUT2D eigenvalue weighted by molar-refractivity contribution is 0.246. The molecule has 0 radical (unpaired) electrons. The summed E-state index contributed by atoms with van der Waals surface area (Å²) in [5.41, 5.74) is 7.54. The van der Waals surface area contributed by atoms with Crippen molar-refractivity contribution in [3.05, 3.63) is 59.4 Å². The molecule has 0 aliphatic heterocycles. The Morgan fingerprint density at radius 3 is 2.67 bits per heavy atom. The molecule has 0 aliphatic rings. The number of benzene rings is 2.